The molecule has 1 aromatic heterocycles. The van der Waals surface area contributed by atoms with E-state index >= 15 is 0 Å². The van der Waals surface area contributed by atoms with Gasteiger partial charge < -0.3 is 0 Å². The Bertz CT molecular complexity index is 1450. The highest BCUT2D eigenvalue weighted by Crippen LogP contribution is 2.54. The minimum Gasteiger partial charge on any atom is -0.289 e. The van der Waals surface area contributed by atoms with Gasteiger partial charge in [0.05, 0.1) is 5.56 Å². The maximum atomic E-state index is 13.8. The molecule has 0 radical (unpaired) electrons. The minimum absolute atomic E-state index is 0.0112. The summed E-state index contributed by atoms with van der Waals surface area (Å²) in [4.78, 5) is 30.1. The van der Waals surface area contributed by atoms with Gasteiger partial charge in [-0.3, -0.25) is 9.59 Å². The summed E-state index contributed by atoms with van der Waals surface area (Å²) in [6, 6.07) is 12.3. The molecule has 31 heavy (non-hydrogen) atoms. The number of Topliss-reactive ketones (excluding diaryl/α,β-unsaturated/α-hetero) is 2. The normalized spacial score (nSPS) is 25.4. The molecule has 3 aromatic rings. The van der Waals surface area contributed by atoms with Gasteiger partial charge in [0.2, 0.25) is 0 Å². The number of ketones is 2. The lowest BCUT2D eigenvalue weighted by Crippen LogP contribution is -2.30. The van der Waals surface area contributed by atoms with Crippen LogP contribution in [0.5, 0.6) is 0 Å². The third-order valence-corrected chi connectivity index (χ3v) is 9.61. The van der Waals surface area contributed by atoms with Crippen LogP contribution in [0.15, 0.2) is 70.7 Å². The SMILES string of the molecule is CC1C=Cc2c(sc3c4c(ccc23)C(=O)C2=C(C=CC3c5ccccc5SC23)C4=O)C1. The Morgan fingerprint density at radius 1 is 0.968 bits per heavy atom. The summed E-state index contributed by atoms with van der Waals surface area (Å²) >= 11 is 3.42. The molecule has 4 aliphatic rings. The van der Waals surface area contributed by atoms with Crippen LogP contribution in [0.1, 0.15) is 49.6 Å². The van der Waals surface area contributed by atoms with Gasteiger partial charge in [0.25, 0.3) is 0 Å². The molecule has 2 heterocycles. The number of fused-ring (bicyclic) bond motifs is 9. The van der Waals surface area contributed by atoms with Crippen LogP contribution in [0, 0.1) is 5.92 Å². The van der Waals surface area contributed by atoms with Crippen LogP contribution in [-0.2, 0) is 6.42 Å². The second-order valence-electron chi connectivity index (χ2n) is 8.79. The molecule has 3 aliphatic carbocycles. The van der Waals surface area contributed by atoms with Crippen molar-refractivity contribution in [2.24, 2.45) is 5.92 Å². The summed E-state index contributed by atoms with van der Waals surface area (Å²) in [5.74, 6) is 0.698. The van der Waals surface area contributed by atoms with Gasteiger partial charge >= 0.3 is 0 Å². The Balaban J connectivity index is 1.42. The second kappa shape index (κ2) is 6.18. The first-order chi connectivity index (χ1) is 15.1. The molecule has 0 bridgehead atoms. The Morgan fingerprint density at radius 3 is 2.74 bits per heavy atom. The van der Waals surface area contributed by atoms with E-state index in [4.69, 9.17) is 0 Å². The standard InChI is InChI=1S/C27H18O2S2/c1-13-6-7-15-17-9-11-19-23(27(17)31-21(15)12-13)25(29)18-10-8-16-14-4-2-3-5-20(14)30-26(16)22(18)24(19)28/h2-11,13,16,26H,12H2,1H3. The molecule has 2 nitrogen and oxygen atoms in total. The first-order valence-electron chi connectivity index (χ1n) is 10.7. The number of thioether (sulfide) groups is 1. The first kappa shape index (κ1) is 17.9. The van der Waals surface area contributed by atoms with Gasteiger partial charge in [-0.25, -0.2) is 0 Å². The quantitative estimate of drug-likeness (QED) is 0.396. The van der Waals surface area contributed by atoms with E-state index in [2.05, 4.69) is 37.3 Å². The topological polar surface area (TPSA) is 34.1 Å². The summed E-state index contributed by atoms with van der Waals surface area (Å²) in [5.41, 5.74) is 4.97. The van der Waals surface area contributed by atoms with Crippen molar-refractivity contribution in [3.05, 3.63) is 92.9 Å². The average Bonchev–Trinajstić information content (AvgIpc) is 3.33. The van der Waals surface area contributed by atoms with Gasteiger partial charge in [-0.2, -0.15) is 0 Å². The third kappa shape index (κ3) is 2.29. The fraction of sp³-hybridized carbons (Fsp3) is 0.185. The molecule has 2 aromatic carbocycles. The van der Waals surface area contributed by atoms with Gasteiger partial charge in [-0.15, -0.1) is 23.1 Å². The molecule has 0 N–H and O–H groups in total. The summed E-state index contributed by atoms with van der Waals surface area (Å²) in [6.45, 7) is 2.21. The molecular formula is C27H18O2S2. The molecule has 3 unspecified atom stereocenters. The van der Waals surface area contributed by atoms with Crippen LogP contribution in [0.25, 0.3) is 16.2 Å². The number of hydrogen-bond acceptors (Lipinski definition) is 4. The van der Waals surface area contributed by atoms with E-state index in [1.54, 1.807) is 23.1 Å². The second-order valence-corrected chi connectivity index (χ2v) is 11.1. The Labute approximate surface area is 188 Å². The molecule has 150 valence electrons. The molecule has 0 saturated heterocycles. The zero-order valence-electron chi connectivity index (χ0n) is 16.8. The summed E-state index contributed by atoms with van der Waals surface area (Å²) in [6.07, 6.45) is 9.46. The monoisotopic (exact) mass is 438 g/mol. The van der Waals surface area contributed by atoms with Gasteiger partial charge in [-0.05, 0) is 35.6 Å². The van der Waals surface area contributed by atoms with Crippen LogP contribution < -0.4 is 0 Å². The third-order valence-electron chi connectivity index (χ3n) is 6.94. The summed E-state index contributed by atoms with van der Waals surface area (Å²) in [5, 5.41) is 1.09. The molecule has 1 aliphatic heterocycles. The number of hydrogen-bond donors (Lipinski definition) is 0. The highest BCUT2D eigenvalue weighted by Gasteiger charge is 2.44. The number of carbonyl (C=O) groups excluding carboxylic acids is 2. The number of carbonyl (C=O) groups is 2. The molecule has 4 heteroatoms. The average molecular weight is 439 g/mol. The van der Waals surface area contributed by atoms with Crippen LogP contribution in [0.4, 0.5) is 0 Å². The van der Waals surface area contributed by atoms with Crippen molar-refractivity contribution >= 4 is 50.8 Å². The first-order valence-corrected chi connectivity index (χ1v) is 12.4. The molecule has 0 fully saturated rings. The number of benzene rings is 2. The lowest BCUT2D eigenvalue weighted by atomic mass is 9.75. The highest BCUT2D eigenvalue weighted by atomic mass is 32.2. The summed E-state index contributed by atoms with van der Waals surface area (Å²) in [7, 11) is 0. The number of thiophene rings is 1. The van der Waals surface area contributed by atoms with Crippen molar-refractivity contribution < 1.29 is 9.59 Å². The van der Waals surface area contributed by atoms with Crippen LogP contribution in [0.2, 0.25) is 0 Å². The van der Waals surface area contributed by atoms with Gasteiger partial charge in [0.15, 0.2) is 11.6 Å². The predicted molar refractivity (Wildman–Crippen MR) is 127 cm³/mol. The Hall–Kier alpha value is -2.69. The molecule has 3 atom stereocenters. The maximum absolute atomic E-state index is 13.8. The van der Waals surface area contributed by atoms with Crippen molar-refractivity contribution in [2.75, 3.05) is 0 Å². The van der Waals surface area contributed by atoms with Crippen molar-refractivity contribution in [2.45, 2.75) is 29.4 Å². The van der Waals surface area contributed by atoms with Crippen molar-refractivity contribution in [3.8, 4) is 0 Å². The van der Waals surface area contributed by atoms with E-state index in [0.717, 1.165) is 16.5 Å². The Kier molecular flexibility index (Phi) is 3.58. The maximum Gasteiger partial charge on any atom is 0.195 e. The lowest BCUT2D eigenvalue weighted by Gasteiger charge is -2.29. The molecule has 0 saturated carbocycles. The van der Waals surface area contributed by atoms with Gasteiger partial charge in [0, 0.05) is 47.7 Å². The van der Waals surface area contributed by atoms with E-state index < -0.39 is 0 Å². The van der Waals surface area contributed by atoms with Crippen molar-refractivity contribution in [1.29, 1.82) is 0 Å². The van der Waals surface area contributed by atoms with Crippen LogP contribution in [-0.4, -0.2) is 16.8 Å². The minimum atomic E-state index is -0.0157. The lowest BCUT2D eigenvalue weighted by molar-refractivity contribution is 0.0975. The summed E-state index contributed by atoms with van der Waals surface area (Å²) < 4.78 is 0.976. The predicted octanol–water partition coefficient (Wildman–Crippen LogP) is 6.61. The van der Waals surface area contributed by atoms with Crippen molar-refractivity contribution in [3.63, 3.8) is 0 Å². The molecular weight excluding hydrogens is 420 g/mol. The molecule has 0 spiro atoms. The fourth-order valence-electron chi connectivity index (χ4n) is 5.45. The van der Waals surface area contributed by atoms with E-state index in [0.29, 0.717) is 28.2 Å². The molecule has 0 amide bonds. The smallest absolute Gasteiger partial charge is 0.195 e. The highest BCUT2D eigenvalue weighted by molar-refractivity contribution is 8.00. The van der Waals surface area contributed by atoms with E-state index in [9.17, 15) is 9.59 Å². The van der Waals surface area contributed by atoms with E-state index in [-0.39, 0.29) is 22.7 Å². The van der Waals surface area contributed by atoms with Crippen LogP contribution in [0.3, 0.4) is 0 Å². The fourth-order valence-corrected chi connectivity index (χ4v) is 8.43. The van der Waals surface area contributed by atoms with Gasteiger partial charge in [-0.1, -0.05) is 55.5 Å². The molecule has 7 rings (SSSR count). The van der Waals surface area contributed by atoms with Crippen LogP contribution >= 0.6 is 23.1 Å². The zero-order chi connectivity index (χ0) is 20.9. The number of rotatable bonds is 0. The van der Waals surface area contributed by atoms with Crippen molar-refractivity contribution in [1.82, 2.24) is 0 Å². The van der Waals surface area contributed by atoms with E-state index in [1.165, 1.54) is 20.9 Å². The Morgan fingerprint density at radius 2 is 1.84 bits per heavy atom. The number of allylic oxidation sites excluding steroid dienone is 4. The van der Waals surface area contributed by atoms with E-state index in [1.807, 2.05) is 30.3 Å². The zero-order valence-corrected chi connectivity index (χ0v) is 18.5. The largest absolute Gasteiger partial charge is 0.289 e. The van der Waals surface area contributed by atoms with Gasteiger partial charge in [0.1, 0.15) is 0 Å².